The van der Waals surface area contributed by atoms with Crippen LogP contribution < -0.4 is 14.7 Å². The van der Waals surface area contributed by atoms with Gasteiger partial charge >= 0.3 is 0 Å². The van der Waals surface area contributed by atoms with Crippen LogP contribution in [0.15, 0.2) is 72.8 Å². The normalized spacial score (nSPS) is 12.1. The van der Waals surface area contributed by atoms with Gasteiger partial charge in [-0.2, -0.15) is 0 Å². The first kappa shape index (κ1) is 30.3. The molecule has 6 heteroatoms. The Morgan fingerprint density at radius 1 is 0.846 bits per heavy atom. The number of carbonyl (C=O) groups is 2. The number of hydrogen-bond donors (Lipinski definition) is 0. The number of ketones is 2. The van der Waals surface area contributed by atoms with Crippen molar-refractivity contribution in [1.29, 1.82) is 0 Å². The van der Waals surface area contributed by atoms with Crippen molar-refractivity contribution in [2.24, 2.45) is 5.41 Å². The molecule has 0 amide bonds. The van der Waals surface area contributed by atoms with E-state index in [4.69, 9.17) is 13.9 Å². The molecule has 0 fully saturated rings. The molecule has 5 nitrogen and oxygen atoms in total. The van der Waals surface area contributed by atoms with Crippen LogP contribution in [-0.2, 0) is 15.8 Å². The molecule has 0 N–H and O–H groups in total. The second-order valence-electron chi connectivity index (χ2n) is 11.6. The Bertz CT molecular complexity index is 1250. The smallest absolute Gasteiger partial charge is 0.229 e. The van der Waals surface area contributed by atoms with E-state index >= 15 is 0 Å². The van der Waals surface area contributed by atoms with E-state index in [-0.39, 0.29) is 29.3 Å². The highest BCUT2D eigenvalue weighted by Crippen LogP contribution is 2.36. The van der Waals surface area contributed by atoms with Gasteiger partial charge in [-0.3, -0.25) is 9.59 Å². The molecule has 0 saturated heterocycles. The van der Waals surface area contributed by atoms with Crippen molar-refractivity contribution >= 4 is 25.1 Å². The van der Waals surface area contributed by atoms with E-state index < -0.39 is 13.7 Å². The first-order valence-corrected chi connectivity index (χ1v) is 15.6. The highest BCUT2D eigenvalue weighted by Gasteiger charge is 2.44. The van der Waals surface area contributed by atoms with E-state index in [1.807, 2.05) is 57.2 Å². The first-order chi connectivity index (χ1) is 18.4. The summed E-state index contributed by atoms with van der Waals surface area (Å²) in [6, 6.07) is 23.0. The van der Waals surface area contributed by atoms with Gasteiger partial charge in [-0.05, 0) is 58.2 Å². The number of benzene rings is 3. The Hall–Kier alpha value is -3.22. The van der Waals surface area contributed by atoms with E-state index in [9.17, 15) is 9.59 Å². The number of rotatable bonds is 12. The third kappa shape index (κ3) is 7.05. The molecule has 3 aromatic rings. The quantitative estimate of drug-likeness (QED) is 0.179. The van der Waals surface area contributed by atoms with E-state index in [0.29, 0.717) is 29.2 Å². The lowest BCUT2D eigenvalue weighted by Crippen LogP contribution is -2.56. The standard InChI is InChI=1S/C33H42O5Si/c1-23(2)39(24(3)4,38-21-25-12-10-9-11-13-25)28-18-19-30(37-22-31(34)33(5,6)7)29(20-28)32(35)26-14-16-27(36-8)17-15-26/h9-20,23-24H,21-22H2,1-8H3. The van der Waals surface area contributed by atoms with Crippen molar-refractivity contribution in [3.05, 3.63) is 89.5 Å². The molecule has 0 aliphatic carbocycles. The van der Waals surface area contributed by atoms with E-state index in [0.717, 1.165) is 10.8 Å². The number of methoxy groups -OCH3 is 1. The van der Waals surface area contributed by atoms with E-state index in [1.54, 1.807) is 31.4 Å². The van der Waals surface area contributed by atoms with Crippen LogP contribution in [-0.4, -0.2) is 33.6 Å². The number of Topliss-reactive ketones (excluding diaryl/α,β-unsaturated/α-hetero) is 1. The molecule has 0 radical (unpaired) electrons. The van der Waals surface area contributed by atoms with Gasteiger partial charge < -0.3 is 13.9 Å². The largest absolute Gasteiger partial charge is 0.497 e. The molecule has 0 bridgehead atoms. The molecule has 0 aromatic heterocycles. The minimum atomic E-state index is -2.59. The summed E-state index contributed by atoms with van der Waals surface area (Å²) in [5.74, 6) is 0.869. The number of hydrogen-bond acceptors (Lipinski definition) is 5. The maximum Gasteiger partial charge on any atom is 0.229 e. The maximum absolute atomic E-state index is 13.9. The molecule has 3 aromatic carbocycles. The second-order valence-corrected chi connectivity index (χ2v) is 16.4. The van der Waals surface area contributed by atoms with Gasteiger partial charge in [0, 0.05) is 11.0 Å². The third-order valence-electron chi connectivity index (χ3n) is 7.26. The van der Waals surface area contributed by atoms with Gasteiger partial charge in [0.1, 0.15) is 18.1 Å². The number of ether oxygens (including phenoxy) is 2. The summed E-state index contributed by atoms with van der Waals surface area (Å²) in [4.78, 5) is 26.5. The highest BCUT2D eigenvalue weighted by atomic mass is 28.4. The summed E-state index contributed by atoms with van der Waals surface area (Å²) in [6.45, 7) is 14.8. The molecule has 0 spiro atoms. The second kappa shape index (κ2) is 12.8. The van der Waals surface area contributed by atoms with Crippen LogP contribution in [0.4, 0.5) is 0 Å². The van der Waals surface area contributed by atoms with Crippen LogP contribution in [0, 0.1) is 5.41 Å². The topological polar surface area (TPSA) is 61.8 Å². The van der Waals surface area contributed by atoms with Crippen LogP contribution in [0.3, 0.4) is 0 Å². The van der Waals surface area contributed by atoms with Crippen molar-refractivity contribution in [3.63, 3.8) is 0 Å². The molecular formula is C33H42O5Si. The van der Waals surface area contributed by atoms with Crippen molar-refractivity contribution in [2.75, 3.05) is 13.7 Å². The van der Waals surface area contributed by atoms with Gasteiger partial charge in [0.25, 0.3) is 0 Å². The van der Waals surface area contributed by atoms with Crippen molar-refractivity contribution < 1.29 is 23.5 Å². The Morgan fingerprint density at radius 2 is 1.46 bits per heavy atom. The Balaban J connectivity index is 2.10. The van der Waals surface area contributed by atoms with Crippen LogP contribution >= 0.6 is 0 Å². The maximum atomic E-state index is 13.9. The lowest BCUT2D eigenvalue weighted by Gasteiger charge is -2.39. The summed E-state index contributed by atoms with van der Waals surface area (Å²) in [5, 5.41) is 1.04. The fourth-order valence-corrected chi connectivity index (χ4v) is 9.48. The monoisotopic (exact) mass is 546 g/mol. The van der Waals surface area contributed by atoms with Gasteiger partial charge in [0.2, 0.25) is 8.32 Å². The van der Waals surface area contributed by atoms with Crippen LogP contribution in [0.5, 0.6) is 11.5 Å². The molecule has 39 heavy (non-hydrogen) atoms. The highest BCUT2D eigenvalue weighted by molar-refractivity contribution is 6.88. The molecule has 0 unspecified atom stereocenters. The number of carbonyl (C=O) groups excluding carboxylic acids is 2. The summed E-state index contributed by atoms with van der Waals surface area (Å²) >= 11 is 0. The summed E-state index contributed by atoms with van der Waals surface area (Å²) in [6.07, 6.45) is 0. The molecule has 0 saturated carbocycles. The van der Waals surface area contributed by atoms with Gasteiger partial charge in [-0.1, -0.05) is 84.9 Å². The molecule has 0 aliphatic heterocycles. The Morgan fingerprint density at radius 3 is 2.00 bits per heavy atom. The summed E-state index contributed by atoms with van der Waals surface area (Å²) < 4.78 is 18.2. The third-order valence-corrected chi connectivity index (χ3v) is 12.5. The van der Waals surface area contributed by atoms with Gasteiger partial charge in [0.15, 0.2) is 11.6 Å². The average Bonchev–Trinajstić information content (AvgIpc) is 2.91. The zero-order valence-electron chi connectivity index (χ0n) is 24.5. The molecule has 3 rings (SSSR count). The lowest BCUT2D eigenvalue weighted by atomic mass is 9.91. The Kier molecular flexibility index (Phi) is 9.91. The zero-order chi connectivity index (χ0) is 28.8. The predicted octanol–water partition coefficient (Wildman–Crippen LogP) is 7.11. The summed E-state index contributed by atoms with van der Waals surface area (Å²) in [5.41, 5.74) is 2.03. The molecule has 0 atom stereocenters. The lowest BCUT2D eigenvalue weighted by molar-refractivity contribution is -0.128. The average molecular weight is 547 g/mol. The molecule has 0 aliphatic rings. The van der Waals surface area contributed by atoms with E-state index in [1.165, 1.54) is 0 Å². The zero-order valence-corrected chi connectivity index (χ0v) is 25.5. The predicted molar refractivity (Wildman–Crippen MR) is 160 cm³/mol. The van der Waals surface area contributed by atoms with Gasteiger partial charge in [-0.15, -0.1) is 0 Å². The van der Waals surface area contributed by atoms with Gasteiger partial charge in [-0.25, -0.2) is 0 Å². The fraction of sp³-hybridized carbons (Fsp3) is 0.394. The molecule has 0 heterocycles. The van der Waals surface area contributed by atoms with Crippen LogP contribution in [0.2, 0.25) is 11.1 Å². The SMILES string of the molecule is COc1ccc(C(=O)c2cc([Si](OCc3ccccc3)(C(C)C)C(C)C)ccc2OCC(=O)C(C)(C)C)cc1. The molecule has 208 valence electrons. The van der Waals surface area contributed by atoms with Crippen LogP contribution in [0.25, 0.3) is 0 Å². The fourth-order valence-electron chi connectivity index (χ4n) is 4.86. The molecular weight excluding hydrogens is 504 g/mol. The minimum absolute atomic E-state index is 0.0336. The summed E-state index contributed by atoms with van der Waals surface area (Å²) in [7, 11) is -1.00. The Labute approximate surface area is 234 Å². The van der Waals surface area contributed by atoms with Crippen molar-refractivity contribution in [1.82, 2.24) is 0 Å². The van der Waals surface area contributed by atoms with Crippen LogP contribution in [0.1, 0.15) is 70.0 Å². The van der Waals surface area contributed by atoms with Crippen molar-refractivity contribution in [2.45, 2.75) is 66.2 Å². The van der Waals surface area contributed by atoms with Gasteiger partial charge in [0.05, 0.1) is 19.3 Å². The van der Waals surface area contributed by atoms with Crippen molar-refractivity contribution in [3.8, 4) is 11.5 Å². The van der Waals surface area contributed by atoms with E-state index in [2.05, 4.69) is 39.8 Å². The first-order valence-electron chi connectivity index (χ1n) is 13.6. The minimum Gasteiger partial charge on any atom is -0.497 e.